The molecule has 0 fully saturated rings. The molecule has 0 aliphatic rings. The van der Waals surface area contributed by atoms with Gasteiger partial charge >= 0.3 is 0 Å². The summed E-state index contributed by atoms with van der Waals surface area (Å²) in [6.45, 7) is 3.98. The van der Waals surface area contributed by atoms with E-state index in [9.17, 15) is 9.50 Å². The molecule has 0 radical (unpaired) electrons. The Bertz CT molecular complexity index is 827. The lowest BCUT2D eigenvalue weighted by Gasteiger charge is -2.14. The van der Waals surface area contributed by atoms with E-state index in [1.54, 1.807) is 6.07 Å². The summed E-state index contributed by atoms with van der Waals surface area (Å²) in [6, 6.07) is 9.59. The topological polar surface area (TPSA) is 38.0 Å². The van der Waals surface area contributed by atoms with Gasteiger partial charge in [0, 0.05) is 12.1 Å². The summed E-state index contributed by atoms with van der Waals surface area (Å²) < 4.78 is 16.1. The SMILES string of the molecule is CC(C)n1c(-c2ccc(O)cc2F)nc2cccc(Cl)c21. The third-order valence-corrected chi connectivity index (χ3v) is 3.68. The molecule has 0 unspecified atom stereocenters. The average molecular weight is 305 g/mol. The molecule has 0 atom stereocenters. The average Bonchev–Trinajstić information content (AvgIpc) is 2.79. The first kappa shape index (κ1) is 13.9. The maximum Gasteiger partial charge on any atom is 0.144 e. The second kappa shape index (κ2) is 5.04. The fraction of sp³-hybridized carbons (Fsp3) is 0.188. The predicted octanol–water partition coefficient (Wildman–Crippen LogP) is 4.78. The van der Waals surface area contributed by atoms with E-state index in [2.05, 4.69) is 4.98 Å². The second-order valence-electron chi connectivity index (χ2n) is 5.17. The lowest BCUT2D eigenvalue weighted by Crippen LogP contribution is -2.04. The van der Waals surface area contributed by atoms with Crippen LogP contribution in [0, 0.1) is 5.82 Å². The van der Waals surface area contributed by atoms with Crippen LogP contribution < -0.4 is 0 Å². The Labute approximate surface area is 126 Å². The Hall–Kier alpha value is -2.07. The Morgan fingerprint density at radius 2 is 2.00 bits per heavy atom. The van der Waals surface area contributed by atoms with Gasteiger partial charge in [-0.2, -0.15) is 0 Å². The monoisotopic (exact) mass is 304 g/mol. The van der Waals surface area contributed by atoms with Gasteiger partial charge in [0.05, 0.1) is 21.6 Å². The quantitative estimate of drug-likeness (QED) is 0.739. The van der Waals surface area contributed by atoms with Crippen LogP contribution >= 0.6 is 11.6 Å². The number of imidazole rings is 1. The molecule has 3 nitrogen and oxygen atoms in total. The summed E-state index contributed by atoms with van der Waals surface area (Å²) in [4.78, 5) is 4.51. The molecule has 1 N–H and O–H groups in total. The fourth-order valence-electron chi connectivity index (χ4n) is 2.48. The Morgan fingerprint density at radius 3 is 2.67 bits per heavy atom. The van der Waals surface area contributed by atoms with Crippen molar-refractivity contribution in [2.75, 3.05) is 0 Å². The van der Waals surface area contributed by atoms with Gasteiger partial charge in [-0.1, -0.05) is 17.7 Å². The molecule has 1 aromatic heterocycles. The van der Waals surface area contributed by atoms with Crippen molar-refractivity contribution in [2.45, 2.75) is 19.9 Å². The van der Waals surface area contributed by atoms with Crippen LogP contribution in [0.25, 0.3) is 22.4 Å². The predicted molar refractivity (Wildman–Crippen MR) is 82.2 cm³/mol. The molecular formula is C16H14ClFN2O. The Morgan fingerprint density at radius 1 is 1.24 bits per heavy atom. The largest absolute Gasteiger partial charge is 0.508 e. The molecular weight excluding hydrogens is 291 g/mol. The zero-order chi connectivity index (χ0) is 15.1. The fourth-order valence-corrected chi connectivity index (χ4v) is 2.75. The van der Waals surface area contributed by atoms with Gasteiger partial charge < -0.3 is 9.67 Å². The van der Waals surface area contributed by atoms with Crippen LogP contribution in [-0.4, -0.2) is 14.7 Å². The molecule has 2 aromatic carbocycles. The normalized spacial score (nSPS) is 11.5. The molecule has 0 saturated carbocycles. The number of hydrogen-bond donors (Lipinski definition) is 1. The van der Waals surface area contributed by atoms with Crippen molar-refractivity contribution in [3.8, 4) is 17.1 Å². The third-order valence-electron chi connectivity index (χ3n) is 3.37. The summed E-state index contributed by atoms with van der Waals surface area (Å²) >= 11 is 6.28. The molecule has 0 bridgehead atoms. The highest BCUT2D eigenvalue weighted by Crippen LogP contribution is 2.34. The molecule has 3 rings (SSSR count). The zero-order valence-electron chi connectivity index (χ0n) is 11.6. The summed E-state index contributed by atoms with van der Waals surface area (Å²) in [5.41, 5.74) is 1.85. The summed E-state index contributed by atoms with van der Waals surface area (Å²) in [7, 11) is 0. The summed E-state index contributed by atoms with van der Waals surface area (Å²) in [6.07, 6.45) is 0. The van der Waals surface area contributed by atoms with E-state index in [4.69, 9.17) is 11.6 Å². The molecule has 5 heteroatoms. The van der Waals surface area contributed by atoms with E-state index in [0.29, 0.717) is 16.4 Å². The van der Waals surface area contributed by atoms with E-state index >= 15 is 0 Å². The number of rotatable bonds is 2. The smallest absolute Gasteiger partial charge is 0.144 e. The van der Waals surface area contributed by atoms with Crippen molar-refractivity contribution >= 4 is 22.6 Å². The molecule has 0 amide bonds. The van der Waals surface area contributed by atoms with E-state index in [0.717, 1.165) is 17.1 Å². The molecule has 108 valence electrons. The van der Waals surface area contributed by atoms with Gasteiger partial charge in [0.2, 0.25) is 0 Å². The van der Waals surface area contributed by atoms with Crippen molar-refractivity contribution in [3.63, 3.8) is 0 Å². The van der Waals surface area contributed by atoms with Crippen LogP contribution in [0.2, 0.25) is 5.02 Å². The molecule has 1 heterocycles. The Kier molecular flexibility index (Phi) is 3.33. The van der Waals surface area contributed by atoms with Gasteiger partial charge in [-0.05, 0) is 38.1 Å². The van der Waals surface area contributed by atoms with E-state index in [1.165, 1.54) is 12.1 Å². The summed E-state index contributed by atoms with van der Waals surface area (Å²) in [5.74, 6) is -0.115. The van der Waals surface area contributed by atoms with E-state index in [-0.39, 0.29) is 11.8 Å². The number of phenols is 1. The number of benzene rings is 2. The minimum atomic E-state index is -0.511. The van der Waals surface area contributed by atoms with Crippen molar-refractivity contribution in [1.29, 1.82) is 0 Å². The standard InChI is InChI=1S/C16H14ClFN2O/c1-9(2)20-15-12(17)4-3-5-14(15)19-16(20)11-7-6-10(21)8-13(11)18/h3-9,21H,1-2H3. The number of halogens is 2. The maximum atomic E-state index is 14.2. The minimum absolute atomic E-state index is 0.0677. The summed E-state index contributed by atoms with van der Waals surface area (Å²) in [5, 5.41) is 9.94. The molecule has 21 heavy (non-hydrogen) atoms. The van der Waals surface area contributed by atoms with Gasteiger partial charge in [0.25, 0.3) is 0 Å². The zero-order valence-corrected chi connectivity index (χ0v) is 12.4. The molecule has 3 aromatic rings. The minimum Gasteiger partial charge on any atom is -0.508 e. The van der Waals surface area contributed by atoms with Crippen molar-refractivity contribution in [2.24, 2.45) is 0 Å². The number of para-hydroxylation sites is 1. The first-order valence-corrected chi connectivity index (χ1v) is 7.02. The highest BCUT2D eigenvalue weighted by atomic mass is 35.5. The van der Waals surface area contributed by atoms with Crippen molar-refractivity contribution in [1.82, 2.24) is 9.55 Å². The van der Waals surface area contributed by atoms with Gasteiger partial charge in [-0.3, -0.25) is 0 Å². The first-order chi connectivity index (χ1) is 9.99. The highest BCUT2D eigenvalue weighted by Gasteiger charge is 2.19. The molecule has 0 saturated heterocycles. The van der Waals surface area contributed by atoms with E-state index in [1.807, 2.05) is 30.5 Å². The number of hydrogen-bond acceptors (Lipinski definition) is 2. The number of aromatic nitrogens is 2. The number of nitrogens with zero attached hydrogens (tertiary/aromatic N) is 2. The lowest BCUT2D eigenvalue weighted by atomic mass is 10.2. The number of fused-ring (bicyclic) bond motifs is 1. The van der Waals surface area contributed by atoms with Crippen molar-refractivity contribution in [3.05, 3.63) is 47.2 Å². The second-order valence-corrected chi connectivity index (χ2v) is 5.58. The van der Waals surface area contributed by atoms with Crippen molar-refractivity contribution < 1.29 is 9.50 Å². The highest BCUT2D eigenvalue weighted by molar-refractivity contribution is 6.35. The maximum absolute atomic E-state index is 14.2. The van der Waals surface area contributed by atoms with Gasteiger partial charge in [0.1, 0.15) is 17.4 Å². The van der Waals surface area contributed by atoms with Crippen LogP contribution in [0.3, 0.4) is 0 Å². The number of aromatic hydroxyl groups is 1. The van der Waals surface area contributed by atoms with Gasteiger partial charge in [-0.15, -0.1) is 0 Å². The molecule has 0 spiro atoms. The van der Waals surface area contributed by atoms with Crippen LogP contribution in [-0.2, 0) is 0 Å². The first-order valence-electron chi connectivity index (χ1n) is 6.64. The van der Waals surface area contributed by atoms with E-state index < -0.39 is 5.82 Å². The molecule has 0 aliphatic carbocycles. The third kappa shape index (κ3) is 2.25. The number of phenolic OH excluding ortho intramolecular Hbond substituents is 1. The Balaban J connectivity index is 2.37. The van der Waals surface area contributed by atoms with Crippen LogP contribution in [0.15, 0.2) is 36.4 Å². The van der Waals surface area contributed by atoms with Crippen LogP contribution in [0.4, 0.5) is 4.39 Å². The van der Waals surface area contributed by atoms with Crippen LogP contribution in [0.1, 0.15) is 19.9 Å². The lowest BCUT2D eigenvalue weighted by molar-refractivity contribution is 0.469. The van der Waals surface area contributed by atoms with Gasteiger partial charge in [0.15, 0.2) is 0 Å². The van der Waals surface area contributed by atoms with Crippen LogP contribution in [0.5, 0.6) is 5.75 Å². The van der Waals surface area contributed by atoms with Gasteiger partial charge in [-0.25, -0.2) is 9.37 Å². The molecule has 0 aliphatic heterocycles.